The van der Waals surface area contributed by atoms with Gasteiger partial charge in [0.15, 0.2) is 0 Å². The Morgan fingerprint density at radius 2 is 2.33 bits per heavy atom. The molecule has 0 bridgehead atoms. The van der Waals surface area contributed by atoms with Gasteiger partial charge < -0.3 is 0 Å². The number of aromatic nitrogens is 2. The average molecular weight is 220 g/mol. The van der Waals surface area contributed by atoms with E-state index in [1.165, 1.54) is 0 Å². The Morgan fingerprint density at radius 1 is 1.47 bits per heavy atom. The number of nitrogens with zero attached hydrogens (tertiary/aromatic N) is 2. The first-order valence-electron chi connectivity index (χ1n) is 4.59. The van der Waals surface area contributed by atoms with Crippen molar-refractivity contribution < 1.29 is 0 Å². The first-order valence-corrected chi connectivity index (χ1v) is 5.53. The molecular formula is C10H12N4S. The van der Waals surface area contributed by atoms with Gasteiger partial charge in [0.05, 0.1) is 11.7 Å². The second kappa shape index (κ2) is 4.48. The molecule has 78 valence electrons. The summed E-state index contributed by atoms with van der Waals surface area (Å²) >= 11 is 1.64. The highest BCUT2D eigenvalue weighted by Crippen LogP contribution is 2.21. The van der Waals surface area contributed by atoms with Crippen LogP contribution in [0.25, 0.3) is 0 Å². The highest BCUT2D eigenvalue weighted by molar-refractivity contribution is 7.08. The molecule has 2 heterocycles. The van der Waals surface area contributed by atoms with E-state index >= 15 is 0 Å². The van der Waals surface area contributed by atoms with Crippen LogP contribution in [0.4, 0.5) is 0 Å². The number of nitrogens with one attached hydrogen (secondary N) is 1. The molecule has 0 saturated carbocycles. The topological polar surface area (TPSA) is 63.8 Å². The van der Waals surface area contributed by atoms with Gasteiger partial charge in [-0.3, -0.25) is 5.84 Å². The minimum atomic E-state index is -0.0575. The van der Waals surface area contributed by atoms with Crippen LogP contribution in [0.2, 0.25) is 0 Å². The average Bonchev–Trinajstić information content (AvgIpc) is 2.72. The van der Waals surface area contributed by atoms with Gasteiger partial charge >= 0.3 is 0 Å². The number of rotatable bonds is 3. The van der Waals surface area contributed by atoms with Crippen molar-refractivity contribution in [2.24, 2.45) is 5.84 Å². The van der Waals surface area contributed by atoms with Gasteiger partial charge in [-0.2, -0.15) is 11.3 Å². The van der Waals surface area contributed by atoms with Gasteiger partial charge in [0.25, 0.3) is 0 Å². The van der Waals surface area contributed by atoms with Crippen molar-refractivity contribution in [1.82, 2.24) is 15.4 Å². The Bertz CT molecular complexity index is 427. The lowest BCUT2D eigenvalue weighted by atomic mass is 10.1. The van der Waals surface area contributed by atoms with Crippen LogP contribution in [0, 0.1) is 6.92 Å². The van der Waals surface area contributed by atoms with E-state index < -0.39 is 0 Å². The number of thiophene rings is 1. The summed E-state index contributed by atoms with van der Waals surface area (Å²) in [6.07, 6.45) is 1.74. The van der Waals surface area contributed by atoms with Gasteiger partial charge in [0.1, 0.15) is 5.82 Å². The Kier molecular flexibility index (Phi) is 3.05. The Labute approximate surface area is 92.2 Å². The van der Waals surface area contributed by atoms with Crippen molar-refractivity contribution in [3.63, 3.8) is 0 Å². The molecule has 5 heteroatoms. The molecule has 0 amide bonds. The van der Waals surface area contributed by atoms with Crippen LogP contribution in [-0.4, -0.2) is 9.97 Å². The van der Waals surface area contributed by atoms with Gasteiger partial charge in [-0.1, -0.05) is 0 Å². The Hall–Kier alpha value is -1.30. The number of hydrogen-bond acceptors (Lipinski definition) is 5. The summed E-state index contributed by atoms with van der Waals surface area (Å²) < 4.78 is 0. The van der Waals surface area contributed by atoms with Crippen LogP contribution in [-0.2, 0) is 0 Å². The van der Waals surface area contributed by atoms with Crippen LogP contribution in [0.5, 0.6) is 0 Å². The highest BCUT2D eigenvalue weighted by atomic mass is 32.1. The SMILES string of the molecule is Cc1nccc(C(NN)c2ccsc2)n1. The van der Waals surface area contributed by atoms with E-state index in [0.717, 1.165) is 17.1 Å². The fourth-order valence-corrected chi connectivity index (χ4v) is 2.11. The van der Waals surface area contributed by atoms with E-state index in [-0.39, 0.29) is 6.04 Å². The molecule has 0 aromatic carbocycles. The van der Waals surface area contributed by atoms with Crippen LogP contribution < -0.4 is 11.3 Å². The number of aryl methyl sites for hydroxylation is 1. The monoisotopic (exact) mass is 220 g/mol. The number of hydrazine groups is 1. The molecule has 1 atom stereocenters. The molecular weight excluding hydrogens is 208 g/mol. The predicted molar refractivity (Wildman–Crippen MR) is 60.3 cm³/mol. The lowest BCUT2D eigenvalue weighted by Crippen LogP contribution is -2.29. The third-order valence-corrected chi connectivity index (χ3v) is 2.84. The highest BCUT2D eigenvalue weighted by Gasteiger charge is 2.13. The lowest BCUT2D eigenvalue weighted by Gasteiger charge is -2.13. The Morgan fingerprint density at radius 3 is 2.93 bits per heavy atom. The molecule has 2 aromatic heterocycles. The fraction of sp³-hybridized carbons (Fsp3) is 0.200. The molecule has 0 saturated heterocycles. The van der Waals surface area contributed by atoms with Crippen LogP contribution in [0.3, 0.4) is 0 Å². The third kappa shape index (κ3) is 2.20. The summed E-state index contributed by atoms with van der Waals surface area (Å²) in [4.78, 5) is 8.41. The molecule has 0 radical (unpaired) electrons. The number of nitrogens with two attached hydrogens (primary N) is 1. The van der Waals surface area contributed by atoms with Crippen molar-refractivity contribution >= 4 is 11.3 Å². The van der Waals surface area contributed by atoms with E-state index in [0.29, 0.717) is 0 Å². The van der Waals surface area contributed by atoms with Crippen molar-refractivity contribution in [1.29, 1.82) is 0 Å². The second-order valence-electron chi connectivity index (χ2n) is 3.19. The molecule has 15 heavy (non-hydrogen) atoms. The van der Waals surface area contributed by atoms with Gasteiger partial charge in [-0.15, -0.1) is 0 Å². The second-order valence-corrected chi connectivity index (χ2v) is 3.97. The molecule has 0 aliphatic rings. The number of hydrogen-bond donors (Lipinski definition) is 2. The normalized spacial score (nSPS) is 12.7. The van der Waals surface area contributed by atoms with Gasteiger partial charge in [0.2, 0.25) is 0 Å². The molecule has 1 unspecified atom stereocenters. The van der Waals surface area contributed by atoms with E-state index in [2.05, 4.69) is 20.8 Å². The fourth-order valence-electron chi connectivity index (χ4n) is 1.43. The standard InChI is InChI=1S/C10H12N4S/c1-7-12-4-2-9(13-7)10(14-11)8-3-5-15-6-8/h2-6,10,14H,11H2,1H3. The summed E-state index contributed by atoms with van der Waals surface area (Å²) in [7, 11) is 0. The zero-order valence-corrected chi connectivity index (χ0v) is 9.16. The van der Waals surface area contributed by atoms with Crippen molar-refractivity contribution in [3.05, 3.63) is 46.2 Å². The first-order chi connectivity index (χ1) is 7.31. The minimum Gasteiger partial charge on any atom is -0.271 e. The van der Waals surface area contributed by atoms with E-state index in [1.54, 1.807) is 17.5 Å². The van der Waals surface area contributed by atoms with Gasteiger partial charge in [0, 0.05) is 6.20 Å². The summed E-state index contributed by atoms with van der Waals surface area (Å²) in [5.41, 5.74) is 4.78. The molecule has 2 aromatic rings. The van der Waals surface area contributed by atoms with E-state index in [4.69, 9.17) is 5.84 Å². The van der Waals surface area contributed by atoms with Crippen LogP contribution in [0.15, 0.2) is 29.1 Å². The summed E-state index contributed by atoms with van der Waals surface area (Å²) in [5.74, 6) is 6.29. The van der Waals surface area contributed by atoms with Crippen molar-refractivity contribution in [3.8, 4) is 0 Å². The molecule has 0 spiro atoms. The zero-order valence-electron chi connectivity index (χ0n) is 8.34. The maximum atomic E-state index is 5.54. The molecule has 0 fully saturated rings. The summed E-state index contributed by atoms with van der Waals surface area (Å²) in [5, 5.41) is 4.08. The smallest absolute Gasteiger partial charge is 0.125 e. The van der Waals surface area contributed by atoms with Gasteiger partial charge in [-0.25, -0.2) is 15.4 Å². The largest absolute Gasteiger partial charge is 0.271 e. The maximum Gasteiger partial charge on any atom is 0.125 e. The molecule has 4 nitrogen and oxygen atoms in total. The molecule has 2 rings (SSSR count). The third-order valence-electron chi connectivity index (χ3n) is 2.14. The first kappa shape index (κ1) is 10.2. The minimum absolute atomic E-state index is 0.0575. The Balaban J connectivity index is 2.35. The summed E-state index contributed by atoms with van der Waals surface area (Å²) in [6, 6.07) is 3.85. The van der Waals surface area contributed by atoms with E-state index in [9.17, 15) is 0 Å². The lowest BCUT2D eigenvalue weighted by molar-refractivity contribution is 0.618. The molecule has 3 N–H and O–H groups in total. The predicted octanol–water partition coefficient (Wildman–Crippen LogP) is 1.40. The molecule has 0 aliphatic carbocycles. The molecule has 0 aliphatic heterocycles. The van der Waals surface area contributed by atoms with Crippen LogP contribution in [0.1, 0.15) is 23.1 Å². The van der Waals surface area contributed by atoms with Crippen molar-refractivity contribution in [2.75, 3.05) is 0 Å². The quantitative estimate of drug-likeness (QED) is 0.606. The zero-order chi connectivity index (χ0) is 10.7. The van der Waals surface area contributed by atoms with E-state index in [1.807, 2.05) is 24.4 Å². The van der Waals surface area contributed by atoms with Gasteiger partial charge in [-0.05, 0) is 35.4 Å². The summed E-state index contributed by atoms with van der Waals surface area (Å²) in [6.45, 7) is 1.87. The van der Waals surface area contributed by atoms with Crippen molar-refractivity contribution in [2.45, 2.75) is 13.0 Å². The van der Waals surface area contributed by atoms with Crippen LogP contribution >= 0.6 is 11.3 Å². The maximum absolute atomic E-state index is 5.54.